The van der Waals surface area contributed by atoms with Crippen LogP contribution in [0.2, 0.25) is 0 Å². The zero-order chi connectivity index (χ0) is 21.5. The first-order valence-electron chi connectivity index (χ1n) is 11.8. The van der Waals surface area contributed by atoms with Gasteiger partial charge < -0.3 is 24.8 Å². The van der Waals surface area contributed by atoms with E-state index in [-0.39, 0.29) is 0 Å². The molecule has 0 radical (unpaired) electrons. The average molecular weight is 425 g/mol. The summed E-state index contributed by atoms with van der Waals surface area (Å²) in [6, 6.07) is 14.7. The molecule has 0 spiro atoms. The maximum Gasteiger partial charge on any atom is 0.161 e. The second kappa shape index (κ2) is 10.8. The van der Waals surface area contributed by atoms with Crippen molar-refractivity contribution in [3.63, 3.8) is 0 Å². The van der Waals surface area contributed by atoms with E-state index in [1.54, 1.807) is 7.11 Å². The van der Waals surface area contributed by atoms with E-state index in [1.807, 2.05) is 19.1 Å². The molecule has 1 aliphatic heterocycles. The van der Waals surface area contributed by atoms with Crippen molar-refractivity contribution in [2.24, 2.45) is 5.92 Å². The minimum Gasteiger partial charge on any atom is -0.494 e. The molecule has 2 atom stereocenters. The van der Waals surface area contributed by atoms with E-state index in [9.17, 15) is 0 Å². The molecule has 0 bridgehead atoms. The number of hydrogen-bond acceptors (Lipinski definition) is 5. The molecule has 2 N–H and O–H groups in total. The molecular formula is C26H36N2O3. The minimum atomic E-state index is 0.332. The Bertz CT molecular complexity index is 835. The predicted molar refractivity (Wildman–Crippen MR) is 126 cm³/mol. The Hall–Kier alpha value is -2.40. The quantitative estimate of drug-likeness (QED) is 0.578. The Morgan fingerprint density at radius 2 is 1.90 bits per heavy atom. The lowest BCUT2D eigenvalue weighted by atomic mass is 9.85. The number of nitrogens with one attached hydrogen (secondary N) is 2. The summed E-state index contributed by atoms with van der Waals surface area (Å²) in [5.41, 5.74) is 2.45. The van der Waals surface area contributed by atoms with Crippen molar-refractivity contribution in [2.75, 3.05) is 38.7 Å². The first-order chi connectivity index (χ1) is 15.2. The van der Waals surface area contributed by atoms with E-state index in [1.165, 1.54) is 18.4 Å². The van der Waals surface area contributed by atoms with Crippen LogP contribution in [0.1, 0.15) is 50.5 Å². The van der Waals surface area contributed by atoms with Crippen LogP contribution >= 0.6 is 0 Å². The van der Waals surface area contributed by atoms with Crippen LogP contribution in [0.4, 0.5) is 5.69 Å². The molecule has 2 fully saturated rings. The lowest BCUT2D eigenvalue weighted by Crippen LogP contribution is -2.38. The van der Waals surface area contributed by atoms with Crippen molar-refractivity contribution in [1.82, 2.24) is 5.32 Å². The van der Waals surface area contributed by atoms with Crippen molar-refractivity contribution in [3.8, 4) is 17.2 Å². The molecule has 1 aliphatic carbocycles. The van der Waals surface area contributed by atoms with Crippen molar-refractivity contribution >= 4 is 5.69 Å². The topological polar surface area (TPSA) is 51.8 Å². The average Bonchev–Trinajstić information content (AvgIpc) is 3.31. The molecule has 1 saturated heterocycles. The van der Waals surface area contributed by atoms with E-state index in [4.69, 9.17) is 14.2 Å². The van der Waals surface area contributed by atoms with Gasteiger partial charge in [-0.1, -0.05) is 12.1 Å². The number of piperidine rings is 1. The van der Waals surface area contributed by atoms with Crippen LogP contribution in [-0.4, -0.2) is 39.5 Å². The maximum absolute atomic E-state index is 6.32. The Morgan fingerprint density at radius 3 is 2.71 bits per heavy atom. The van der Waals surface area contributed by atoms with E-state index >= 15 is 0 Å². The summed E-state index contributed by atoms with van der Waals surface area (Å²) in [6.45, 7) is 5.69. The van der Waals surface area contributed by atoms with Crippen LogP contribution in [0.5, 0.6) is 17.2 Å². The van der Waals surface area contributed by atoms with Crippen molar-refractivity contribution < 1.29 is 14.2 Å². The summed E-state index contributed by atoms with van der Waals surface area (Å²) < 4.78 is 17.5. The van der Waals surface area contributed by atoms with Gasteiger partial charge in [-0.3, -0.25) is 0 Å². The normalized spacial score (nSPS) is 21.6. The second-order valence-corrected chi connectivity index (χ2v) is 8.73. The molecule has 5 nitrogen and oxygen atoms in total. The molecule has 1 saturated carbocycles. The molecule has 31 heavy (non-hydrogen) atoms. The lowest BCUT2D eigenvalue weighted by Gasteiger charge is -2.31. The van der Waals surface area contributed by atoms with Crippen LogP contribution in [0, 0.1) is 5.92 Å². The van der Waals surface area contributed by atoms with Crippen LogP contribution in [0.25, 0.3) is 0 Å². The van der Waals surface area contributed by atoms with Crippen molar-refractivity contribution in [3.05, 3.63) is 48.0 Å². The standard InChI is InChI=1S/C26H36N2O3/c1-3-30-24-10-6-7-22(15-24)28-17-19-13-21(18-27-16-19)20-11-12-25(29-2)26(14-20)31-23-8-4-5-9-23/h6-7,10-12,14-15,19,21,23,27-28H,3-5,8-9,13,16-18H2,1-2H3/t19-,21+/m0/s1. The van der Waals surface area contributed by atoms with Gasteiger partial charge in [-0.2, -0.15) is 0 Å². The van der Waals surface area contributed by atoms with Gasteiger partial charge >= 0.3 is 0 Å². The van der Waals surface area contributed by atoms with Gasteiger partial charge in [0.15, 0.2) is 11.5 Å². The van der Waals surface area contributed by atoms with Gasteiger partial charge in [0.2, 0.25) is 0 Å². The lowest BCUT2D eigenvalue weighted by molar-refractivity contribution is 0.200. The fourth-order valence-electron chi connectivity index (χ4n) is 4.79. The smallest absolute Gasteiger partial charge is 0.161 e. The molecule has 4 rings (SSSR count). The number of hydrogen-bond donors (Lipinski definition) is 2. The molecule has 1 heterocycles. The first kappa shape index (κ1) is 21.8. The van der Waals surface area contributed by atoms with Crippen LogP contribution in [0.15, 0.2) is 42.5 Å². The third-order valence-corrected chi connectivity index (χ3v) is 6.44. The summed E-state index contributed by atoms with van der Waals surface area (Å²) in [4.78, 5) is 0. The Labute approximate surface area is 186 Å². The summed E-state index contributed by atoms with van der Waals surface area (Å²) in [7, 11) is 1.72. The number of ether oxygens (including phenoxy) is 3. The molecule has 168 valence electrons. The molecule has 5 heteroatoms. The van der Waals surface area contributed by atoms with Gasteiger partial charge in [0.1, 0.15) is 5.75 Å². The summed E-state index contributed by atoms with van der Waals surface area (Å²) in [5, 5.41) is 7.23. The summed E-state index contributed by atoms with van der Waals surface area (Å²) in [5.74, 6) is 3.70. The van der Waals surface area contributed by atoms with Crippen molar-refractivity contribution in [2.45, 2.75) is 51.0 Å². The fourth-order valence-corrected chi connectivity index (χ4v) is 4.79. The Kier molecular flexibility index (Phi) is 7.57. The van der Waals surface area contributed by atoms with E-state index < -0.39 is 0 Å². The molecule has 2 aromatic carbocycles. The zero-order valence-corrected chi connectivity index (χ0v) is 18.9. The summed E-state index contributed by atoms with van der Waals surface area (Å²) >= 11 is 0. The molecule has 2 aliphatic rings. The van der Waals surface area contributed by atoms with Gasteiger partial charge in [0.05, 0.1) is 19.8 Å². The predicted octanol–water partition coefficient (Wildman–Crippen LogP) is 5.22. The molecule has 0 amide bonds. The Morgan fingerprint density at radius 1 is 1.03 bits per heavy atom. The summed E-state index contributed by atoms with van der Waals surface area (Å²) in [6.07, 6.45) is 6.31. The number of anilines is 1. The molecule has 0 aromatic heterocycles. The Balaban J connectivity index is 1.38. The van der Waals surface area contributed by atoms with Gasteiger partial charge in [0, 0.05) is 24.8 Å². The number of methoxy groups -OCH3 is 1. The van der Waals surface area contributed by atoms with Crippen LogP contribution in [0.3, 0.4) is 0 Å². The third kappa shape index (κ3) is 5.85. The van der Waals surface area contributed by atoms with Gasteiger partial charge in [-0.05, 0) is 87.2 Å². The highest BCUT2D eigenvalue weighted by Crippen LogP contribution is 2.36. The molecule has 0 unspecified atom stereocenters. The highest BCUT2D eigenvalue weighted by atomic mass is 16.5. The van der Waals surface area contributed by atoms with Gasteiger partial charge in [0.25, 0.3) is 0 Å². The maximum atomic E-state index is 6.32. The van der Waals surface area contributed by atoms with E-state index in [0.717, 1.165) is 61.8 Å². The second-order valence-electron chi connectivity index (χ2n) is 8.73. The highest BCUT2D eigenvalue weighted by molar-refractivity contribution is 5.48. The first-order valence-corrected chi connectivity index (χ1v) is 11.8. The van der Waals surface area contributed by atoms with Crippen LogP contribution in [-0.2, 0) is 0 Å². The van der Waals surface area contributed by atoms with E-state index in [2.05, 4.69) is 41.0 Å². The highest BCUT2D eigenvalue weighted by Gasteiger charge is 2.25. The van der Waals surface area contributed by atoms with Gasteiger partial charge in [-0.25, -0.2) is 0 Å². The van der Waals surface area contributed by atoms with Crippen molar-refractivity contribution in [1.29, 1.82) is 0 Å². The fraction of sp³-hybridized carbons (Fsp3) is 0.538. The number of benzene rings is 2. The molecular weight excluding hydrogens is 388 g/mol. The third-order valence-electron chi connectivity index (χ3n) is 6.44. The molecule has 2 aromatic rings. The monoisotopic (exact) mass is 424 g/mol. The number of rotatable bonds is 9. The zero-order valence-electron chi connectivity index (χ0n) is 18.9. The minimum absolute atomic E-state index is 0.332. The van der Waals surface area contributed by atoms with Crippen LogP contribution < -0.4 is 24.8 Å². The van der Waals surface area contributed by atoms with Gasteiger partial charge in [-0.15, -0.1) is 0 Å². The largest absolute Gasteiger partial charge is 0.494 e. The SMILES string of the molecule is CCOc1cccc(NC[C@@H]2CNC[C@H](c3ccc(OC)c(OC4CCCC4)c3)C2)c1. The van der Waals surface area contributed by atoms with E-state index in [0.29, 0.717) is 24.5 Å².